The average Bonchev–Trinajstić information content (AvgIpc) is 2.55. The number of likely N-dealkylation sites (tertiary alicyclic amines) is 1. The zero-order valence-corrected chi connectivity index (χ0v) is 15.2. The van der Waals surface area contributed by atoms with Gasteiger partial charge in [-0.25, -0.2) is 0 Å². The third-order valence-corrected chi connectivity index (χ3v) is 3.85. The van der Waals surface area contributed by atoms with Crippen molar-refractivity contribution in [3.8, 4) is 0 Å². The summed E-state index contributed by atoms with van der Waals surface area (Å²) in [6, 6.07) is 5.80. The van der Waals surface area contributed by atoms with Crippen LogP contribution < -0.4 is 5.43 Å². The van der Waals surface area contributed by atoms with Crippen molar-refractivity contribution in [3.05, 3.63) is 30.1 Å². The van der Waals surface area contributed by atoms with Crippen molar-refractivity contribution in [2.45, 2.75) is 39.0 Å². The fourth-order valence-corrected chi connectivity index (χ4v) is 2.52. The number of hydrogen-bond acceptors (Lipinski definition) is 3. The Hall–Kier alpha value is -0.681. The fourth-order valence-electron chi connectivity index (χ4n) is 2.29. The monoisotopic (exact) mass is 388 g/mol. The van der Waals surface area contributed by atoms with E-state index in [0.29, 0.717) is 0 Å². The van der Waals surface area contributed by atoms with Crippen LogP contribution in [0.15, 0.2) is 29.5 Å². The van der Waals surface area contributed by atoms with Gasteiger partial charge in [0.25, 0.3) is 0 Å². The van der Waals surface area contributed by atoms with Gasteiger partial charge in [0.15, 0.2) is 5.11 Å². The Kier molecular flexibility index (Phi) is 10.4. The second-order valence-corrected chi connectivity index (χ2v) is 5.47. The van der Waals surface area contributed by atoms with E-state index in [1.54, 1.807) is 6.20 Å². The van der Waals surface area contributed by atoms with Crippen molar-refractivity contribution in [2.75, 3.05) is 13.1 Å². The normalized spacial score (nSPS) is 16.0. The van der Waals surface area contributed by atoms with Gasteiger partial charge >= 0.3 is 25.2 Å². The third kappa shape index (κ3) is 7.05. The summed E-state index contributed by atoms with van der Waals surface area (Å²) in [4.78, 5) is 6.49. The number of nitrogens with zero attached hydrogens (tertiary/aromatic N) is 3. The zero-order chi connectivity index (χ0) is 16.2. The summed E-state index contributed by atoms with van der Waals surface area (Å²) in [7, 11) is 4.20. The number of aromatic nitrogens is 1. The second-order valence-electron chi connectivity index (χ2n) is 5.08. The molecule has 0 amide bonds. The van der Waals surface area contributed by atoms with Crippen LogP contribution in [0.5, 0.6) is 0 Å². The third-order valence-electron chi connectivity index (χ3n) is 3.50. The Morgan fingerprint density at radius 1 is 1.23 bits per heavy atom. The molecule has 0 aromatic carbocycles. The molecule has 1 aromatic rings. The molecule has 1 aliphatic rings. The van der Waals surface area contributed by atoms with Gasteiger partial charge in [-0.05, 0) is 44.1 Å². The number of thiocarbonyl (C=S) groups is 1. The average molecular weight is 389 g/mol. The molecule has 22 heavy (non-hydrogen) atoms. The van der Waals surface area contributed by atoms with Gasteiger partial charge in [-0.1, -0.05) is 25.3 Å². The fraction of sp³-hybridized carbons (Fsp3) is 0.533. The Balaban J connectivity index is 0.00000116. The number of halogens is 1. The van der Waals surface area contributed by atoms with E-state index in [0.717, 1.165) is 29.6 Å². The molecular weight excluding hydrogens is 367 g/mol. The molecule has 0 unspecified atom stereocenters. The molecular formula is C15H22ClCuN4S. The van der Waals surface area contributed by atoms with Crippen LogP contribution in [-0.4, -0.2) is 33.8 Å². The summed E-state index contributed by atoms with van der Waals surface area (Å²) >= 11 is 9.09. The van der Waals surface area contributed by atoms with E-state index in [2.05, 4.69) is 45.6 Å². The van der Waals surface area contributed by atoms with Crippen molar-refractivity contribution >= 4 is 33.1 Å². The van der Waals surface area contributed by atoms with Crippen molar-refractivity contribution in [2.24, 2.45) is 5.10 Å². The van der Waals surface area contributed by atoms with E-state index in [4.69, 9.17) is 12.2 Å². The van der Waals surface area contributed by atoms with E-state index in [1.165, 1.54) is 32.1 Å². The van der Waals surface area contributed by atoms with Crippen molar-refractivity contribution < 1.29 is 15.1 Å². The Labute approximate surface area is 150 Å². The first-order chi connectivity index (χ1) is 10.8. The van der Waals surface area contributed by atoms with E-state index >= 15 is 0 Å². The maximum absolute atomic E-state index is 5.43. The maximum atomic E-state index is 5.43. The predicted octanol–water partition coefficient (Wildman–Crippen LogP) is 3.63. The SMILES string of the molecule is CC(=NNC(=S)N1CCCCCCC1)c1ccccn1.[Cl][Cu]. The van der Waals surface area contributed by atoms with Crippen molar-refractivity contribution in [1.82, 2.24) is 15.3 Å². The molecule has 0 bridgehead atoms. The van der Waals surface area contributed by atoms with Crippen LogP contribution in [0.25, 0.3) is 0 Å². The zero-order valence-electron chi connectivity index (χ0n) is 12.7. The Morgan fingerprint density at radius 2 is 1.86 bits per heavy atom. The summed E-state index contributed by atoms with van der Waals surface area (Å²) in [5.74, 6) is 0. The molecule has 7 heteroatoms. The van der Waals surface area contributed by atoms with Gasteiger partial charge in [-0.2, -0.15) is 5.10 Å². The summed E-state index contributed by atoms with van der Waals surface area (Å²) in [6.07, 6.45) is 8.15. The van der Waals surface area contributed by atoms with Gasteiger partial charge < -0.3 is 4.90 Å². The molecule has 1 saturated heterocycles. The van der Waals surface area contributed by atoms with Crippen LogP contribution in [0.3, 0.4) is 0 Å². The van der Waals surface area contributed by atoms with Crippen LogP contribution in [-0.2, 0) is 15.1 Å². The van der Waals surface area contributed by atoms with Gasteiger partial charge in [0.1, 0.15) is 0 Å². The van der Waals surface area contributed by atoms with Crippen molar-refractivity contribution in [3.63, 3.8) is 0 Å². The van der Waals surface area contributed by atoms with E-state index in [1.807, 2.05) is 25.1 Å². The summed E-state index contributed by atoms with van der Waals surface area (Å²) < 4.78 is 0. The molecule has 2 rings (SSSR count). The first-order valence-corrected chi connectivity index (χ1v) is 9.10. The molecule has 1 aliphatic heterocycles. The molecule has 0 aliphatic carbocycles. The molecule has 1 aromatic heterocycles. The first-order valence-electron chi connectivity index (χ1n) is 7.39. The predicted molar refractivity (Wildman–Crippen MR) is 92.7 cm³/mol. The number of hydrogen-bond donors (Lipinski definition) is 1. The second kappa shape index (κ2) is 11.8. The van der Waals surface area contributed by atoms with E-state index in [9.17, 15) is 0 Å². The quantitative estimate of drug-likeness (QED) is 0.363. The molecule has 0 saturated carbocycles. The van der Waals surface area contributed by atoms with Crippen LogP contribution in [0, 0.1) is 0 Å². The molecule has 0 atom stereocenters. The number of pyridine rings is 1. The van der Waals surface area contributed by atoms with Crippen LogP contribution in [0.4, 0.5) is 0 Å². The summed E-state index contributed by atoms with van der Waals surface area (Å²) in [5, 5.41) is 5.07. The molecule has 1 N–H and O–H groups in total. The van der Waals surface area contributed by atoms with E-state index < -0.39 is 0 Å². The summed E-state index contributed by atoms with van der Waals surface area (Å²) in [6.45, 7) is 4.00. The topological polar surface area (TPSA) is 40.5 Å². The minimum atomic E-state index is 0.724. The van der Waals surface area contributed by atoms with Crippen LogP contribution >= 0.6 is 22.3 Å². The minimum absolute atomic E-state index is 0.724. The van der Waals surface area contributed by atoms with Gasteiger partial charge in [-0.3, -0.25) is 10.4 Å². The number of nitrogens with one attached hydrogen (secondary N) is 1. The van der Waals surface area contributed by atoms with Crippen LogP contribution in [0.2, 0.25) is 0 Å². The van der Waals surface area contributed by atoms with E-state index in [-0.39, 0.29) is 0 Å². The standard InChI is InChI=1S/C15H22N4S.ClH.Cu/c1-13(14-9-5-6-10-16-14)17-18-15(20)19-11-7-3-2-4-8-12-19;;/h5-6,9-10H,2-4,7-8,11-12H2,1H3,(H,18,20);1H;/q;;+1/p-1. The first kappa shape index (κ1) is 19.4. The van der Waals surface area contributed by atoms with Gasteiger partial charge in [0.05, 0.1) is 11.4 Å². The Bertz CT molecular complexity index is 462. The van der Waals surface area contributed by atoms with Crippen LogP contribution in [0.1, 0.15) is 44.7 Å². The van der Waals surface area contributed by atoms with Gasteiger partial charge in [0, 0.05) is 19.3 Å². The molecule has 0 spiro atoms. The molecule has 1 fully saturated rings. The van der Waals surface area contributed by atoms with Crippen molar-refractivity contribution in [1.29, 1.82) is 0 Å². The Morgan fingerprint density at radius 3 is 2.45 bits per heavy atom. The van der Waals surface area contributed by atoms with Gasteiger partial charge in [-0.15, -0.1) is 0 Å². The summed E-state index contributed by atoms with van der Waals surface area (Å²) in [5.41, 5.74) is 4.72. The molecule has 2 heterocycles. The number of rotatable bonds is 2. The molecule has 0 radical (unpaired) electrons. The number of hydrazone groups is 1. The molecule has 126 valence electrons. The molecule has 4 nitrogen and oxygen atoms in total. The van der Waals surface area contributed by atoms with Gasteiger partial charge in [0.2, 0.25) is 0 Å².